The molecule has 3 nitrogen and oxygen atoms in total. The summed E-state index contributed by atoms with van der Waals surface area (Å²) in [5.41, 5.74) is 4.45. The second-order valence-corrected chi connectivity index (χ2v) is 8.21. The zero-order valence-corrected chi connectivity index (χ0v) is 18.4. The quantitative estimate of drug-likeness (QED) is 0.391. The zero-order valence-electron chi connectivity index (χ0n) is 18.4. The fourth-order valence-electron chi connectivity index (χ4n) is 2.99. The van der Waals surface area contributed by atoms with Crippen molar-refractivity contribution in [1.82, 2.24) is 0 Å². The molecule has 0 radical (unpaired) electrons. The smallest absolute Gasteiger partial charge is 0.313 e. The second kappa shape index (κ2) is 9.27. The fourth-order valence-corrected chi connectivity index (χ4v) is 2.99. The molecule has 2 aromatic rings. The molecule has 152 valence electrons. The van der Waals surface area contributed by atoms with Crippen LogP contribution in [0.2, 0.25) is 0 Å². The van der Waals surface area contributed by atoms with E-state index in [1.54, 1.807) is 0 Å². The Morgan fingerprint density at radius 2 is 1.43 bits per heavy atom. The molecule has 0 unspecified atom stereocenters. The van der Waals surface area contributed by atoms with Crippen molar-refractivity contribution >= 4 is 5.97 Å². The predicted octanol–water partition coefficient (Wildman–Crippen LogP) is 6.41. The van der Waals surface area contributed by atoms with Crippen LogP contribution in [0.15, 0.2) is 36.4 Å². The van der Waals surface area contributed by atoms with E-state index in [1.807, 2.05) is 32.9 Å². The maximum Gasteiger partial charge on any atom is 0.313 e. The van der Waals surface area contributed by atoms with E-state index in [0.29, 0.717) is 5.75 Å². The van der Waals surface area contributed by atoms with E-state index < -0.39 is 0 Å². The molecule has 0 heterocycles. The number of aryl methyl sites for hydroxylation is 2. The van der Waals surface area contributed by atoms with Crippen LogP contribution in [0.3, 0.4) is 0 Å². The lowest BCUT2D eigenvalue weighted by atomic mass is 9.98. The largest absolute Gasteiger partial charge is 0.487 e. The van der Waals surface area contributed by atoms with Gasteiger partial charge in [-0.3, -0.25) is 4.79 Å². The summed E-state index contributed by atoms with van der Waals surface area (Å²) < 4.78 is 11.7. The lowest BCUT2D eigenvalue weighted by Gasteiger charge is -2.29. The number of hydrogen-bond donors (Lipinski definition) is 0. The molecule has 0 N–H and O–H groups in total. The number of benzene rings is 2. The number of hydrogen-bond acceptors (Lipinski definition) is 3. The first-order valence-electron chi connectivity index (χ1n) is 10.3. The van der Waals surface area contributed by atoms with Crippen molar-refractivity contribution < 1.29 is 14.3 Å². The van der Waals surface area contributed by atoms with Crippen molar-refractivity contribution in [2.75, 3.05) is 0 Å². The van der Waals surface area contributed by atoms with Gasteiger partial charge in [0.2, 0.25) is 0 Å². The summed E-state index contributed by atoms with van der Waals surface area (Å²) in [5.74, 6) is 1.26. The minimum atomic E-state index is -0.201. The van der Waals surface area contributed by atoms with Gasteiger partial charge in [-0.15, -0.1) is 0 Å². The molecule has 0 amide bonds. The molecular weight excluding hydrogens is 348 g/mol. The molecule has 28 heavy (non-hydrogen) atoms. The molecule has 0 atom stereocenters. The fraction of sp³-hybridized carbons (Fsp3) is 0.480. The Morgan fingerprint density at radius 3 is 1.86 bits per heavy atom. The third-order valence-electron chi connectivity index (χ3n) is 5.42. The van der Waals surface area contributed by atoms with Gasteiger partial charge < -0.3 is 9.47 Å². The summed E-state index contributed by atoms with van der Waals surface area (Å²) in [6, 6.07) is 12.4. The van der Waals surface area contributed by atoms with Gasteiger partial charge in [-0.25, -0.2) is 0 Å². The molecule has 0 saturated carbocycles. The number of ether oxygens (including phenoxy) is 2. The SMILES string of the molecule is CCC(C)(CC)Oc1ccc(Cc2ccc(OC(=O)C(C)C)c(C)c2)cc1C. The average Bonchev–Trinajstić information content (AvgIpc) is 2.66. The highest BCUT2D eigenvalue weighted by molar-refractivity contribution is 5.74. The van der Waals surface area contributed by atoms with Crippen LogP contribution < -0.4 is 9.47 Å². The van der Waals surface area contributed by atoms with Crippen LogP contribution in [0.1, 0.15) is 69.7 Å². The summed E-state index contributed by atoms with van der Waals surface area (Å²) >= 11 is 0. The Balaban J connectivity index is 2.12. The summed E-state index contributed by atoms with van der Waals surface area (Å²) in [6.07, 6.45) is 2.80. The van der Waals surface area contributed by atoms with E-state index >= 15 is 0 Å². The van der Waals surface area contributed by atoms with Crippen LogP contribution >= 0.6 is 0 Å². The van der Waals surface area contributed by atoms with Gasteiger partial charge in [0.05, 0.1) is 5.92 Å². The summed E-state index contributed by atoms with van der Waals surface area (Å²) in [4.78, 5) is 11.8. The van der Waals surface area contributed by atoms with Crippen molar-refractivity contribution in [3.63, 3.8) is 0 Å². The maximum absolute atomic E-state index is 11.8. The van der Waals surface area contributed by atoms with Crippen molar-refractivity contribution in [3.05, 3.63) is 58.7 Å². The van der Waals surface area contributed by atoms with Crippen LogP contribution in [0.4, 0.5) is 0 Å². The zero-order chi connectivity index (χ0) is 20.9. The summed E-state index contributed by atoms with van der Waals surface area (Å²) in [5, 5.41) is 0. The number of rotatable bonds is 8. The molecular formula is C25H34O3. The monoisotopic (exact) mass is 382 g/mol. The second-order valence-electron chi connectivity index (χ2n) is 8.21. The Labute approximate surface area is 170 Å². The highest BCUT2D eigenvalue weighted by Gasteiger charge is 2.22. The van der Waals surface area contributed by atoms with Crippen molar-refractivity contribution in [2.45, 2.75) is 73.3 Å². The predicted molar refractivity (Wildman–Crippen MR) is 115 cm³/mol. The van der Waals surface area contributed by atoms with Crippen LogP contribution in [0.25, 0.3) is 0 Å². The molecule has 0 saturated heterocycles. The molecule has 0 bridgehead atoms. The molecule has 0 aromatic heterocycles. The van der Waals surface area contributed by atoms with Gasteiger partial charge in [0.15, 0.2) is 0 Å². The topological polar surface area (TPSA) is 35.5 Å². The normalized spacial score (nSPS) is 11.6. The first-order valence-corrected chi connectivity index (χ1v) is 10.3. The van der Waals surface area contributed by atoms with E-state index in [9.17, 15) is 4.79 Å². The first-order chi connectivity index (χ1) is 13.2. The van der Waals surface area contributed by atoms with Gasteiger partial charge in [0.1, 0.15) is 17.1 Å². The van der Waals surface area contributed by atoms with Gasteiger partial charge in [0.25, 0.3) is 0 Å². The molecule has 3 heteroatoms. The van der Waals surface area contributed by atoms with E-state index in [-0.39, 0.29) is 17.5 Å². The van der Waals surface area contributed by atoms with Crippen molar-refractivity contribution in [2.24, 2.45) is 5.92 Å². The van der Waals surface area contributed by atoms with Gasteiger partial charge in [-0.05, 0) is 74.4 Å². The van der Waals surface area contributed by atoms with Crippen LogP contribution in [-0.4, -0.2) is 11.6 Å². The van der Waals surface area contributed by atoms with E-state index in [4.69, 9.17) is 9.47 Å². The highest BCUT2D eigenvalue weighted by atomic mass is 16.5. The summed E-state index contributed by atoms with van der Waals surface area (Å²) in [7, 11) is 0. The number of carbonyl (C=O) groups is 1. The number of esters is 1. The lowest BCUT2D eigenvalue weighted by molar-refractivity contribution is -0.137. The number of carbonyl (C=O) groups excluding carboxylic acids is 1. The molecule has 0 aliphatic heterocycles. The van der Waals surface area contributed by atoms with Crippen molar-refractivity contribution in [3.8, 4) is 11.5 Å². The Bertz CT molecular complexity index is 817. The molecule has 0 spiro atoms. The van der Waals surface area contributed by atoms with Gasteiger partial charge in [0, 0.05) is 0 Å². The molecule has 0 aliphatic carbocycles. The minimum Gasteiger partial charge on any atom is -0.487 e. The van der Waals surface area contributed by atoms with E-state index in [0.717, 1.165) is 36.1 Å². The van der Waals surface area contributed by atoms with E-state index in [1.165, 1.54) is 11.1 Å². The Morgan fingerprint density at radius 1 is 0.929 bits per heavy atom. The standard InChI is InChI=1S/C25H34O3/c1-8-25(7,9-2)28-23-13-11-21(15-19(23)6)16-20-10-12-22(18(5)14-20)27-24(26)17(3)4/h10-15,17H,8-9,16H2,1-7H3. The minimum absolute atomic E-state index is 0.118. The molecule has 2 aromatic carbocycles. The van der Waals surface area contributed by atoms with Crippen LogP contribution in [-0.2, 0) is 11.2 Å². The van der Waals surface area contributed by atoms with Crippen LogP contribution in [0, 0.1) is 19.8 Å². The van der Waals surface area contributed by atoms with Gasteiger partial charge in [-0.2, -0.15) is 0 Å². The van der Waals surface area contributed by atoms with Crippen molar-refractivity contribution in [1.29, 1.82) is 0 Å². The van der Waals surface area contributed by atoms with E-state index in [2.05, 4.69) is 52.0 Å². The Hall–Kier alpha value is -2.29. The Kier molecular flexibility index (Phi) is 7.29. The lowest BCUT2D eigenvalue weighted by Crippen LogP contribution is -2.30. The molecule has 0 fully saturated rings. The molecule has 0 aliphatic rings. The molecule has 2 rings (SSSR count). The first kappa shape index (κ1) is 22.0. The van der Waals surface area contributed by atoms with Gasteiger partial charge in [-0.1, -0.05) is 52.0 Å². The maximum atomic E-state index is 11.8. The highest BCUT2D eigenvalue weighted by Crippen LogP contribution is 2.29. The summed E-state index contributed by atoms with van der Waals surface area (Å²) in [6.45, 7) is 14.2. The van der Waals surface area contributed by atoms with Gasteiger partial charge >= 0.3 is 5.97 Å². The third-order valence-corrected chi connectivity index (χ3v) is 5.42. The van der Waals surface area contributed by atoms with Crippen LogP contribution in [0.5, 0.6) is 11.5 Å². The average molecular weight is 383 g/mol. The third kappa shape index (κ3) is 5.60.